The van der Waals surface area contributed by atoms with Gasteiger partial charge >= 0.3 is 0 Å². The van der Waals surface area contributed by atoms with Gasteiger partial charge in [0.1, 0.15) is 11.6 Å². The van der Waals surface area contributed by atoms with Crippen LogP contribution in [0.4, 0.5) is 8.78 Å². The highest BCUT2D eigenvalue weighted by Crippen LogP contribution is 2.16. The number of nitrogens with one attached hydrogen (secondary N) is 1. The largest absolute Gasteiger partial charge is 0.314 e. The molecule has 0 aliphatic rings. The first-order valence-electron chi connectivity index (χ1n) is 6.85. The second kappa shape index (κ2) is 8.20. The minimum Gasteiger partial charge on any atom is -0.314 e. The first kappa shape index (κ1) is 15.1. The van der Waals surface area contributed by atoms with Gasteiger partial charge in [0.15, 0.2) is 0 Å². The monoisotopic (exact) mass is 255 g/mol. The van der Waals surface area contributed by atoms with Gasteiger partial charge in [-0.2, -0.15) is 0 Å². The van der Waals surface area contributed by atoms with Gasteiger partial charge in [0.2, 0.25) is 0 Å². The molecule has 1 aromatic rings. The molecule has 3 heteroatoms. The summed E-state index contributed by atoms with van der Waals surface area (Å²) in [5, 5.41) is 3.43. The fourth-order valence-electron chi connectivity index (χ4n) is 2.14. The lowest BCUT2D eigenvalue weighted by Crippen LogP contribution is -2.30. The Morgan fingerprint density at radius 2 is 1.72 bits per heavy atom. The summed E-state index contributed by atoms with van der Waals surface area (Å²) >= 11 is 0. The molecule has 0 amide bonds. The van der Waals surface area contributed by atoms with E-state index in [9.17, 15) is 8.78 Å². The maximum absolute atomic E-state index is 13.5. The predicted octanol–water partition coefficient (Wildman–Crippen LogP) is 4.07. The van der Waals surface area contributed by atoms with Crippen LogP contribution >= 0.6 is 0 Å². The van der Waals surface area contributed by atoms with E-state index in [-0.39, 0.29) is 5.56 Å². The number of hydrogen-bond donors (Lipinski definition) is 1. The Kier molecular flexibility index (Phi) is 6.88. The summed E-state index contributed by atoms with van der Waals surface area (Å²) in [7, 11) is 0. The third-order valence-corrected chi connectivity index (χ3v) is 3.12. The third kappa shape index (κ3) is 4.73. The zero-order valence-electron chi connectivity index (χ0n) is 11.3. The summed E-state index contributed by atoms with van der Waals surface area (Å²) in [5.41, 5.74) is 0.219. The van der Waals surface area contributed by atoms with Crippen LogP contribution in [0.5, 0.6) is 0 Å². The highest BCUT2D eigenvalue weighted by molar-refractivity contribution is 5.19. The van der Waals surface area contributed by atoms with Crippen molar-refractivity contribution in [3.8, 4) is 0 Å². The van der Waals surface area contributed by atoms with Gasteiger partial charge in [-0.25, -0.2) is 8.78 Å². The van der Waals surface area contributed by atoms with Crippen molar-refractivity contribution in [1.29, 1.82) is 0 Å². The van der Waals surface area contributed by atoms with E-state index in [1.165, 1.54) is 18.2 Å². The van der Waals surface area contributed by atoms with Gasteiger partial charge in [0, 0.05) is 11.6 Å². The van der Waals surface area contributed by atoms with Gasteiger partial charge < -0.3 is 5.32 Å². The quantitative estimate of drug-likeness (QED) is 0.738. The van der Waals surface area contributed by atoms with Gasteiger partial charge in [-0.05, 0) is 44.4 Å². The lowest BCUT2D eigenvalue weighted by molar-refractivity contribution is 0.440. The minimum atomic E-state index is -0.430. The van der Waals surface area contributed by atoms with Crippen LogP contribution in [-0.4, -0.2) is 12.6 Å². The second-order valence-corrected chi connectivity index (χ2v) is 4.68. The summed E-state index contributed by atoms with van der Waals surface area (Å²) in [5.74, 6) is -0.860. The highest BCUT2D eigenvalue weighted by Gasteiger charge is 2.12. The standard InChI is InChI=1S/C15H23F2N/c1-3-6-12(18-11-4-2)9-10-13-14(16)7-5-8-15(13)17/h5,7-8,12,18H,3-4,6,9-11H2,1-2H3. The molecule has 1 nitrogen and oxygen atoms in total. The van der Waals surface area contributed by atoms with Crippen LogP contribution in [0.15, 0.2) is 18.2 Å². The van der Waals surface area contributed by atoms with E-state index in [1.54, 1.807) is 0 Å². The minimum absolute atomic E-state index is 0.219. The molecule has 0 saturated heterocycles. The third-order valence-electron chi connectivity index (χ3n) is 3.12. The van der Waals surface area contributed by atoms with Crippen molar-refractivity contribution in [2.24, 2.45) is 0 Å². The maximum atomic E-state index is 13.5. The molecule has 0 spiro atoms. The lowest BCUT2D eigenvalue weighted by Gasteiger charge is -2.18. The van der Waals surface area contributed by atoms with Crippen LogP contribution in [0.25, 0.3) is 0 Å². The molecule has 0 radical (unpaired) electrons. The molecular formula is C15H23F2N. The van der Waals surface area contributed by atoms with E-state index in [1.807, 2.05) is 0 Å². The Bertz CT molecular complexity index is 332. The molecule has 0 heterocycles. The molecule has 0 aliphatic carbocycles. The topological polar surface area (TPSA) is 12.0 Å². The first-order valence-corrected chi connectivity index (χ1v) is 6.85. The van der Waals surface area contributed by atoms with Gasteiger partial charge in [-0.15, -0.1) is 0 Å². The van der Waals surface area contributed by atoms with Crippen molar-refractivity contribution in [3.05, 3.63) is 35.4 Å². The zero-order chi connectivity index (χ0) is 13.4. The Hall–Kier alpha value is -0.960. The van der Waals surface area contributed by atoms with Gasteiger partial charge in [0.25, 0.3) is 0 Å². The average molecular weight is 255 g/mol. The molecule has 1 N–H and O–H groups in total. The highest BCUT2D eigenvalue weighted by atomic mass is 19.1. The van der Waals surface area contributed by atoms with Crippen LogP contribution in [-0.2, 0) is 6.42 Å². The van der Waals surface area contributed by atoms with E-state index in [4.69, 9.17) is 0 Å². The number of halogens is 2. The average Bonchev–Trinajstić information content (AvgIpc) is 2.35. The smallest absolute Gasteiger partial charge is 0.129 e. The summed E-state index contributed by atoms with van der Waals surface area (Å²) in [6.07, 6.45) is 4.46. The normalized spacial score (nSPS) is 12.7. The summed E-state index contributed by atoms with van der Waals surface area (Å²) in [4.78, 5) is 0. The van der Waals surface area contributed by atoms with E-state index in [0.717, 1.165) is 32.2 Å². The molecule has 0 bridgehead atoms. The molecule has 0 aliphatic heterocycles. The summed E-state index contributed by atoms with van der Waals surface area (Å²) < 4.78 is 27.0. The van der Waals surface area contributed by atoms with Gasteiger partial charge in [-0.1, -0.05) is 26.3 Å². The summed E-state index contributed by atoms with van der Waals surface area (Å²) in [6.45, 7) is 5.21. The van der Waals surface area contributed by atoms with Crippen LogP contribution < -0.4 is 5.32 Å². The SMILES string of the molecule is CCCNC(CCC)CCc1c(F)cccc1F. The second-order valence-electron chi connectivity index (χ2n) is 4.68. The van der Waals surface area contributed by atoms with E-state index >= 15 is 0 Å². The Labute approximate surface area is 109 Å². The van der Waals surface area contributed by atoms with Crippen molar-refractivity contribution in [1.82, 2.24) is 5.32 Å². The molecule has 0 aromatic heterocycles. The zero-order valence-corrected chi connectivity index (χ0v) is 11.3. The lowest BCUT2D eigenvalue weighted by atomic mass is 10.0. The molecule has 1 rings (SSSR count). The van der Waals surface area contributed by atoms with Crippen LogP contribution in [0.1, 0.15) is 45.1 Å². The fraction of sp³-hybridized carbons (Fsp3) is 0.600. The number of hydrogen-bond acceptors (Lipinski definition) is 1. The van der Waals surface area contributed by atoms with Crippen molar-refractivity contribution in [3.63, 3.8) is 0 Å². The van der Waals surface area contributed by atoms with Crippen molar-refractivity contribution in [2.45, 2.75) is 52.0 Å². The Balaban J connectivity index is 2.55. The van der Waals surface area contributed by atoms with Crippen LogP contribution in [0.3, 0.4) is 0 Å². The molecule has 18 heavy (non-hydrogen) atoms. The summed E-state index contributed by atoms with van der Waals surface area (Å²) in [6, 6.07) is 4.42. The van der Waals surface area contributed by atoms with Crippen molar-refractivity contribution in [2.75, 3.05) is 6.54 Å². The molecule has 1 atom stereocenters. The predicted molar refractivity (Wildman–Crippen MR) is 71.7 cm³/mol. The van der Waals surface area contributed by atoms with Crippen LogP contribution in [0, 0.1) is 11.6 Å². The van der Waals surface area contributed by atoms with Crippen molar-refractivity contribution < 1.29 is 8.78 Å². The number of rotatable bonds is 8. The molecule has 0 saturated carbocycles. The Morgan fingerprint density at radius 3 is 2.28 bits per heavy atom. The molecule has 0 fully saturated rings. The Morgan fingerprint density at radius 1 is 1.06 bits per heavy atom. The van der Waals surface area contributed by atoms with E-state index < -0.39 is 11.6 Å². The van der Waals surface area contributed by atoms with Crippen LogP contribution in [0.2, 0.25) is 0 Å². The number of benzene rings is 1. The molecule has 1 unspecified atom stereocenters. The fourth-order valence-corrected chi connectivity index (χ4v) is 2.14. The first-order chi connectivity index (χ1) is 8.69. The van der Waals surface area contributed by atoms with E-state index in [0.29, 0.717) is 12.5 Å². The van der Waals surface area contributed by atoms with E-state index in [2.05, 4.69) is 19.2 Å². The van der Waals surface area contributed by atoms with Gasteiger partial charge in [-0.3, -0.25) is 0 Å². The molecule has 102 valence electrons. The maximum Gasteiger partial charge on any atom is 0.129 e. The molecular weight excluding hydrogens is 232 g/mol. The van der Waals surface area contributed by atoms with Gasteiger partial charge in [0.05, 0.1) is 0 Å². The van der Waals surface area contributed by atoms with Crippen molar-refractivity contribution >= 4 is 0 Å². The molecule has 1 aromatic carbocycles.